The lowest BCUT2D eigenvalue weighted by molar-refractivity contribution is 0.0949. The maximum Gasteiger partial charge on any atom is 0.269 e. The highest BCUT2D eigenvalue weighted by Crippen LogP contribution is 2.22. The summed E-state index contributed by atoms with van der Waals surface area (Å²) in [6, 6.07) is 9.25. The van der Waals surface area contributed by atoms with Gasteiger partial charge in [-0.05, 0) is 18.2 Å². The molecule has 2 heterocycles. The van der Waals surface area contributed by atoms with Crippen LogP contribution in [0.15, 0.2) is 42.9 Å². The lowest BCUT2D eigenvalue weighted by Crippen LogP contribution is -2.26. The minimum atomic E-state index is -0.189. The molecule has 23 heavy (non-hydrogen) atoms. The average molecular weight is 311 g/mol. The molecule has 0 unspecified atom stereocenters. The van der Waals surface area contributed by atoms with Crippen molar-refractivity contribution in [3.8, 4) is 17.0 Å². The van der Waals surface area contributed by atoms with Crippen LogP contribution in [0, 0.1) is 0 Å². The molecule has 118 valence electrons. The van der Waals surface area contributed by atoms with Gasteiger partial charge in [0.25, 0.3) is 5.91 Å². The molecule has 3 aromatic rings. The number of carbonyl (C=O) groups excluding carboxylic acids is 1. The van der Waals surface area contributed by atoms with Crippen molar-refractivity contribution in [2.75, 3.05) is 13.7 Å². The highest BCUT2D eigenvalue weighted by molar-refractivity contribution is 5.93. The van der Waals surface area contributed by atoms with E-state index in [0.717, 1.165) is 17.0 Å². The number of rotatable bonds is 6. The number of ether oxygens (including phenoxy) is 1. The van der Waals surface area contributed by atoms with Gasteiger partial charge in [-0.15, -0.1) is 0 Å². The predicted octanol–water partition coefficient (Wildman–Crippen LogP) is 1.78. The van der Waals surface area contributed by atoms with Crippen molar-refractivity contribution in [1.29, 1.82) is 0 Å². The minimum Gasteiger partial charge on any atom is -0.497 e. The Kier molecular flexibility index (Phi) is 4.37. The standard InChI is InChI=1S/C16H17N5O2/c1-23-13-4-2-3-11(7-13)14-8-15(21-20-14)16(22)18-6-5-12-9-17-10-19-12/h2-4,7-10H,5-6H2,1H3,(H,17,19)(H,18,22)(H,20,21). The molecule has 0 bridgehead atoms. The number of nitrogens with zero attached hydrogens (tertiary/aromatic N) is 2. The van der Waals surface area contributed by atoms with E-state index in [-0.39, 0.29) is 5.91 Å². The highest BCUT2D eigenvalue weighted by atomic mass is 16.5. The average Bonchev–Trinajstić information content (AvgIpc) is 3.26. The van der Waals surface area contributed by atoms with Gasteiger partial charge in [-0.2, -0.15) is 5.10 Å². The Morgan fingerprint density at radius 1 is 1.35 bits per heavy atom. The summed E-state index contributed by atoms with van der Waals surface area (Å²) in [5, 5.41) is 9.79. The molecular weight excluding hydrogens is 294 g/mol. The van der Waals surface area contributed by atoms with Crippen LogP contribution in [0.2, 0.25) is 0 Å². The molecule has 0 saturated carbocycles. The van der Waals surface area contributed by atoms with E-state index in [1.54, 1.807) is 25.7 Å². The molecule has 0 saturated heterocycles. The number of hydrogen-bond acceptors (Lipinski definition) is 4. The van der Waals surface area contributed by atoms with Crippen LogP contribution in [-0.2, 0) is 6.42 Å². The number of aromatic nitrogens is 4. The van der Waals surface area contributed by atoms with E-state index in [9.17, 15) is 4.79 Å². The van der Waals surface area contributed by atoms with Gasteiger partial charge in [-0.3, -0.25) is 9.89 Å². The number of amides is 1. The maximum absolute atomic E-state index is 12.1. The Morgan fingerprint density at radius 2 is 2.26 bits per heavy atom. The Hall–Kier alpha value is -3.09. The van der Waals surface area contributed by atoms with Crippen molar-refractivity contribution in [3.63, 3.8) is 0 Å². The lowest BCUT2D eigenvalue weighted by Gasteiger charge is -2.02. The quantitative estimate of drug-likeness (QED) is 0.646. The van der Waals surface area contributed by atoms with Crippen LogP contribution in [0.25, 0.3) is 11.3 Å². The summed E-state index contributed by atoms with van der Waals surface area (Å²) in [6.07, 6.45) is 4.05. The summed E-state index contributed by atoms with van der Waals surface area (Å²) < 4.78 is 5.19. The SMILES string of the molecule is COc1cccc(-c2cc(C(=O)NCCc3cnc[nH]3)[nH]n2)c1. The first-order valence-corrected chi connectivity index (χ1v) is 7.21. The number of aromatic amines is 2. The molecule has 1 aromatic carbocycles. The van der Waals surface area contributed by atoms with Crippen molar-refractivity contribution in [3.05, 3.63) is 54.2 Å². The second kappa shape index (κ2) is 6.78. The summed E-state index contributed by atoms with van der Waals surface area (Å²) in [5.74, 6) is 0.558. The number of methoxy groups -OCH3 is 1. The first-order chi connectivity index (χ1) is 11.3. The molecule has 0 aliphatic heterocycles. The van der Waals surface area contributed by atoms with E-state index < -0.39 is 0 Å². The van der Waals surface area contributed by atoms with E-state index in [2.05, 4.69) is 25.5 Å². The van der Waals surface area contributed by atoms with E-state index in [1.807, 2.05) is 24.3 Å². The number of imidazole rings is 1. The van der Waals surface area contributed by atoms with E-state index in [1.165, 1.54) is 0 Å². The Balaban J connectivity index is 1.62. The summed E-state index contributed by atoms with van der Waals surface area (Å²) >= 11 is 0. The molecule has 2 aromatic heterocycles. The molecule has 0 atom stereocenters. The monoisotopic (exact) mass is 311 g/mol. The number of H-pyrrole nitrogens is 2. The van der Waals surface area contributed by atoms with Crippen LogP contribution in [-0.4, -0.2) is 39.7 Å². The molecule has 0 radical (unpaired) electrons. The third kappa shape index (κ3) is 3.57. The van der Waals surface area contributed by atoms with Gasteiger partial charge in [-0.1, -0.05) is 12.1 Å². The van der Waals surface area contributed by atoms with Crippen LogP contribution in [0.3, 0.4) is 0 Å². The van der Waals surface area contributed by atoms with Crippen molar-refractivity contribution in [2.24, 2.45) is 0 Å². The van der Waals surface area contributed by atoms with Gasteiger partial charge < -0.3 is 15.0 Å². The maximum atomic E-state index is 12.1. The van der Waals surface area contributed by atoms with Gasteiger partial charge in [0.05, 0.1) is 19.1 Å². The van der Waals surface area contributed by atoms with Gasteiger partial charge in [0, 0.05) is 30.4 Å². The molecule has 0 spiro atoms. The van der Waals surface area contributed by atoms with Crippen molar-refractivity contribution in [1.82, 2.24) is 25.5 Å². The molecule has 7 heteroatoms. The largest absolute Gasteiger partial charge is 0.497 e. The Labute approximate surface area is 133 Å². The second-order valence-corrected chi connectivity index (χ2v) is 4.98. The topological polar surface area (TPSA) is 95.7 Å². The minimum absolute atomic E-state index is 0.189. The van der Waals surface area contributed by atoms with Crippen molar-refractivity contribution < 1.29 is 9.53 Å². The van der Waals surface area contributed by atoms with E-state index in [0.29, 0.717) is 24.4 Å². The zero-order chi connectivity index (χ0) is 16.1. The van der Waals surface area contributed by atoms with Gasteiger partial charge in [0.15, 0.2) is 0 Å². The molecule has 1 amide bonds. The predicted molar refractivity (Wildman–Crippen MR) is 85.2 cm³/mol. The summed E-state index contributed by atoms with van der Waals surface area (Å²) in [7, 11) is 1.61. The summed E-state index contributed by atoms with van der Waals surface area (Å²) in [4.78, 5) is 19.0. The number of nitrogens with one attached hydrogen (secondary N) is 3. The molecule has 0 aliphatic carbocycles. The molecule has 3 N–H and O–H groups in total. The third-order valence-electron chi connectivity index (χ3n) is 3.42. The normalized spacial score (nSPS) is 10.5. The fourth-order valence-electron chi connectivity index (χ4n) is 2.20. The zero-order valence-electron chi connectivity index (χ0n) is 12.7. The van der Waals surface area contributed by atoms with Crippen LogP contribution in [0.5, 0.6) is 5.75 Å². The van der Waals surface area contributed by atoms with Gasteiger partial charge >= 0.3 is 0 Å². The van der Waals surface area contributed by atoms with Crippen LogP contribution in [0.4, 0.5) is 0 Å². The molecule has 7 nitrogen and oxygen atoms in total. The molecule has 3 rings (SSSR count). The van der Waals surface area contributed by atoms with Gasteiger partial charge in [0.2, 0.25) is 0 Å². The van der Waals surface area contributed by atoms with Gasteiger partial charge in [-0.25, -0.2) is 4.98 Å². The molecule has 0 aliphatic rings. The third-order valence-corrected chi connectivity index (χ3v) is 3.42. The first-order valence-electron chi connectivity index (χ1n) is 7.21. The second-order valence-electron chi connectivity index (χ2n) is 4.98. The number of hydrogen-bond donors (Lipinski definition) is 3. The van der Waals surface area contributed by atoms with Crippen LogP contribution in [0.1, 0.15) is 16.2 Å². The molecular formula is C16H17N5O2. The Bertz CT molecular complexity index is 779. The van der Waals surface area contributed by atoms with Crippen LogP contribution < -0.4 is 10.1 Å². The van der Waals surface area contributed by atoms with E-state index >= 15 is 0 Å². The van der Waals surface area contributed by atoms with E-state index in [4.69, 9.17) is 4.74 Å². The summed E-state index contributed by atoms with van der Waals surface area (Å²) in [5.41, 5.74) is 2.99. The fourth-order valence-corrected chi connectivity index (χ4v) is 2.20. The lowest BCUT2D eigenvalue weighted by atomic mass is 10.1. The number of carbonyl (C=O) groups is 1. The first kappa shape index (κ1) is 14.8. The summed E-state index contributed by atoms with van der Waals surface area (Å²) in [6.45, 7) is 0.522. The highest BCUT2D eigenvalue weighted by Gasteiger charge is 2.11. The van der Waals surface area contributed by atoms with Crippen molar-refractivity contribution >= 4 is 5.91 Å². The number of benzene rings is 1. The zero-order valence-corrected chi connectivity index (χ0v) is 12.7. The molecule has 0 fully saturated rings. The Morgan fingerprint density at radius 3 is 3.04 bits per heavy atom. The van der Waals surface area contributed by atoms with Gasteiger partial charge in [0.1, 0.15) is 11.4 Å². The smallest absolute Gasteiger partial charge is 0.269 e. The van der Waals surface area contributed by atoms with Crippen molar-refractivity contribution in [2.45, 2.75) is 6.42 Å². The van der Waals surface area contributed by atoms with Crippen LogP contribution >= 0.6 is 0 Å². The fraction of sp³-hybridized carbons (Fsp3) is 0.188.